The van der Waals surface area contributed by atoms with Crippen LogP contribution in [0.1, 0.15) is 49.9 Å². The summed E-state index contributed by atoms with van der Waals surface area (Å²) in [7, 11) is -8.76. The maximum Gasteiger partial charge on any atom is 2.00 e. The van der Waals surface area contributed by atoms with Gasteiger partial charge in [-0.15, -0.1) is 0 Å². The van der Waals surface area contributed by atoms with Crippen molar-refractivity contribution in [3.05, 3.63) is 82.9 Å². The second-order valence-corrected chi connectivity index (χ2v) is 11.3. The van der Waals surface area contributed by atoms with Crippen LogP contribution in [0.25, 0.3) is 21.5 Å². The zero-order valence-corrected chi connectivity index (χ0v) is 25.4. The molecule has 9 heteroatoms. The minimum absolute atomic E-state index is 0. The Labute approximate surface area is 249 Å². The molecule has 0 aliphatic heterocycles. The normalized spacial score (nSPS) is 11.6. The number of hydrogen-bond donors (Lipinski definition) is 0. The van der Waals surface area contributed by atoms with Gasteiger partial charge < -0.3 is 9.11 Å². The molecule has 192 valence electrons. The van der Waals surface area contributed by atoms with E-state index in [9.17, 15) is 25.9 Å². The largest absolute Gasteiger partial charge is 2.00 e. The molecule has 0 bridgehead atoms. The van der Waals surface area contributed by atoms with Crippen LogP contribution in [0.3, 0.4) is 0 Å². The van der Waals surface area contributed by atoms with Crippen molar-refractivity contribution in [3.8, 4) is 0 Å². The number of benzene rings is 4. The first-order valence-corrected chi connectivity index (χ1v) is 14.8. The van der Waals surface area contributed by atoms with Crippen LogP contribution in [0.5, 0.6) is 0 Å². The van der Waals surface area contributed by atoms with Crippen molar-refractivity contribution in [3.63, 3.8) is 0 Å². The van der Waals surface area contributed by atoms with Crippen LogP contribution < -0.4 is 0 Å². The molecule has 0 heterocycles. The fourth-order valence-electron chi connectivity index (χ4n) is 4.64. The minimum atomic E-state index is -4.38. The van der Waals surface area contributed by atoms with Gasteiger partial charge in [-0.05, 0) is 93.7 Å². The van der Waals surface area contributed by atoms with E-state index in [-0.39, 0.29) is 47.5 Å². The summed E-state index contributed by atoms with van der Waals surface area (Å²) < 4.78 is 66.0. The fourth-order valence-corrected chi connectivity index (χ4v) is 5.66. The molecule has 4 aromatic rings. The zero-order chi connectivity index (χ0) is 26.7. The number of rotatable bonds is 6. The Morgan fingerprint density at radius 1 is 0.541 bits per heavy atom. The van der Waals surface area contributed by atoms with Gasteiger partial charge in [0.25, 0.3) is 0 Å². The van der Waals surface area contributed by atoms with Gasteiger partial charge in [-0.2, -0.15) is 0 Å². The maximum atomic E-state index is 11.0. The molecule has 0 amide bonds. The van der Waals surface area contributed by atoms with Gasteiger partial charge in [0.05, 0.1) is 9.79 Å². The van der Waals surface area contributed by atoms with E-state index in [1.807, 2.05) is 24.3 Å². The average molecular weight is 567 g/mol. The van der Waals surface area contributed by atoms with E-state index in [2.05, 4.69) is 27.7 Å². The summed E-state index contributed by atoms with van der Waals surface area (Å²) >= 11 is 0. The van der Waals surface area contributed by atoms with Gasteiger partial charge in [0.1, 0.15) is 20.2 Å². The third-order valence-corrected chi connectivity index (χ3v) is 8.11. The van der Waals surface area contributed by atoms with Crippen LogP contribution in [-0.4, -0.2) is 63.7 Å². The monoisotopic (exact) mass is 566 g/mol. The van der Waals surface area contributed by atoms with Gasteiger partial charge in [-0.3, -0.25) is 0 Å². The van der Waals surface area contributed by atoms with E-state index < -0.39 is 20.2 Å². The van der Waals surface area contributed by atoms with Gasteiger partial charge >= 0.3 is 37.7 Å². The average Bonchev–Trinajstić information content (AvgIpc) is 2.85. The summed E-state index contributed by atoms with van der Waals surface area (Å²) in [6.07, 6.45) is 3.68. The topological polar surface area (TPSA) is 114 Å². The summed E-state index contributed by atoms with van der Waals surface area (Å²) in [5.41, 5.74) is 4.99. The molecule has 0 aliphatic carbocycles. The molecule has 0 saturated carbocycles. The van der Waals surface area contributed by atoms with Crippen molar-refractivity contribution >= 4 is 79.5 Å². The molecule has 0 fully saturated rings. The Morgan fingerprint density at radius 2 is 0.892 bits per heavy atom. The van der Waals surface area contributed by atoms with Crippen LogP contribution in [0.15, 0.2) is 70.5 Å². The third kappa shape index (κ3) is 7.32. The smallest absolute Gasteiger partial charge is 0.744 e. The van der Waals surface area contributed by atoms with Crippen LogP contribution in [0, 0.1) is 0 Å². The Balaban J connectivity index is 0.000000253. The molecular weight excluding hydrogens is 537 g/mol. The molecule has 0 atom stereocenters. The summed E-state index contributed by atoms with van der Waals surface area (Å²) in [4.78, 5) is -0.331. The minimum Gasteiger partial charge on any atom is -0.744 e. The molecule has 0 aliphatic rings. The Morgan fingerprint density at radius 3 is 1.16 bits per heavy atom. The van der Waals surface area contributed by atoms with Crippen molar-refractivity contribution in [2.75, 3.05) is 0 Å². The van der Waals surface area contributed by atoms with Crippen LogP contribution >= 0.6 is 0 Å². The molecule has 4 rings (SSSR count). The molecule has 0 saturated heterocycles. The van der Waals surface area contributed by atoms with Gasteiger partial charge in [0.15, 0.2) is 0 Å². The van der Waals surface area contributed by atoms with Crippen LogP contribution in [0.4, 0.5) is 0 Å². The molecule has 6 nitrogen and oxygen atoms in total. The predicted octanol–water partition coefficient (Wildman–Crippen LogP) is 5.36. The fraction of sp³-hybridized carbons (Fsp3) is 0.286. The van der Waals surface area contributed by atoms with Crippen LogP contribution in [-0.2, 0) is 45.9 Å². The molecule has 4 aromatic carbocycles. The first-order chi connectivity index (χ1) is 16.9. The van der Waals surface area contributed by atoms with E-state index >= 15 is 0 Å². The SMILES string of the molecule is CCc1ccc2cc(S(=O)(=O)[O-])ccc2c1CC.CCc1ccc2cc(S(=O)(=O)[O-])ccc2c1CC.[Ca+2]. The molecular formula is C28H30CaO6S2. The maximum absolute atomic E-state index is 11.0. The van der Waals surface area contributed by atoms with E-state index in [0.29, 0.717) is 0 Å². The van der Waals surface area contributed by atoms with Gasteiger partial charge in [0, 0.05) is 0 Å². The van der Waals surface area contributed by atoms with E-state index in [4.69, 9.17) is 0 Å². The number of aryl methyl sites for hydroxylation is 4. The molecule has 0 spiro atoms. The number of fused-ring (bicyclic) bond motifs is 2. The van der Waals surface area contributed by atoms with Crippen molar-refractivity contribution in [1.82, 2.24) is 0 Å². The third-order valence-electron chi connectivity index (χ3n) is 6.45. The second kappa shape index (κ2) is 13.0. The summed E-state index contributed by atoms with van der Waals surface area (Å²) in [5, 5.41) is 3.68. The molecule has 0 N–H and O–H groups in total. The molecule has 37 heavy (non-hydrogen) atoms. The summed E-state index contributed by atoms with van der Waals surface area (Å²) in [5.74, 6) is 0. The van der Waals surface area contributed by atoms with Crippen molar-refractivity contribution in [2.24, 2.45) is 0 Å². The van der Waals surface area contributed by atoms with E-state index in [0.717, 1.165) is 47.2 Å². The Hall–Kier alpha value is -1.52. The van der Waals surface area contributed by atoms with Crippen molar-refractivity contribution in [2.45, 2.75) is 63.2 Å². The molecule has 0 unspecified atom stereocenters. The number of hydrogen-bond acceptors (Lipinski definition) is 6. The quantitative estimate of drug-likeness (QED) is 0.229. The standard InChI is InChI=1S/2C14H16O3S.Ca/c2*1-3-10-5-6-11-9-12(18(15,16)17)7-8-14(11)13(10)4-2;/h2*5-9H,3-4H2,1-2H3,(H,15,16,17);/q;;+2/p-2. The molecule has 0 radical (unpaired) electrons. The predicted molar refractivity (Wildman–Crippen MR) is 147 cm³/mol. The Bertz CT molecular complexity index is 1500. The van der Waals surface area contributed by atoms with Crippen molar-refractivity contribution in [1.29, 1.82) is 0 Å². The van der Waals surface area contributed by atoms with E-state index in [1.54, 1.807) is 12.1 Å². The van der Waals surface area contributed by atoms with Gasteiger partial charge in [-0.25, -0.2) is 16.8 Å². The first kappa shape index (κ1) is 31.7. The van der Waals surface area contributed by atoms with Crippen molar-refractivity contribution < 1.29 is 25.9 Å². The second-order valence-electron chi connectivity index (χ2n) is 8.49. The zero-order valence-electron chi connectivity index (χ0n) is 21.6. The van der Waals surface area contributed by atoms with Gasteiger partial charge in [0.2, 0.25) is 0 Å². The summed E-state index contributed by atoms with van der Waals surface area (Å²) in [6, 6.07) is 16.9. The van der Waals surface area contributed by atoms with Crippen LogP contribution in [0.2, 0.25) is 0 Å². The first-order valence-electron chi connectivity index (χ1n) is 11.9. The summed E-state index contributed by atoms with van der Waals surface area (Å²) in [6.45, 7) is 8.34. The Kier molecular flexibility index (Phi) is 11.2. The van der Waals surface area contributed by atoms with Gasteiger partial charge in [-0.1, -0.05) is 64.1 Å². The molecule has 0 aromatic heterocycles. The van der Waals surface area contributed by atoms with E-state index in [1.165, 1.54) is 46.5 Å².